The van der Waals surface area contributed by atoms with E-state index in [-0.39, 0.29) is 5.91 Å². The maximum atomic E-state index is 11.5. The summed E-state index contributed by atoms with van der Waals surface area (Å²) in [6.07, 6.45) is 0.472. The first-order valence-electron chi connectivity index (χ1n) is 5.82. The molecule has 1 rings (SSSR count). The standard InChI is InChI=1S/C13H19ClN2O2/c1-9-6-12(18-3)11(14)7-10(9)8-16-13(17)4-5-15-2/h6-7,15H,4-5,8H2,1-3H3,(H,16,17). The highest BCUT2D eigenvalue weighted by Gasteiger charge is 2.07. The molecule has 1 aromatic carbocycles. The quantitative estimate of drug-likeness (QED) is 0.830. The molecule has 0 aromatic heterocycles. The lowest BCUT2D eigenvalue weighted by Crippen LogP contribution is -2.26. The summed E-state index contributed by atoms with van der Waals surface area (Å²) >= 11 is 6.05. The van der Waals surface area contributed by atoms with Crippen molar-refractivity contribution in [2.75, 3.05) is 20.7 Å². The number of carbonyl (C=O) groups excluding carboxylic acids is 1. The number of carbonyl (C=O) groups is 1. The van der Waals surface area contributed by atoms with E-state index in [1.807, 2.05) is 26.1 Å². The SMILES string of the molecule is CNCCC(=O)NCc1cc(Cl)c(OC)cc1C. The lowest BCUT2D eigenvalue weighted by molar-refractivity contribution is -0.121. The third-order valence-electron chi connectivity index (χ3n) is 2.69. The lowest BCUT2D eigenvalue weighted by atomic mass is 10.1. The Hall–Kier alpha value is -1.26. The molecule has 0 radical (unpaired) electrons. The Balaban J connectivity index is 2.62. The van der Waals surface area contributed by atoms with Crippen LogP contribution in [0.15, 0.2) is 12.1 Å². The molecular weight excluding hydrogens is 252 g/mol. The van der Waals surface area contributed by atoms with E-state index in [2.05, 4.69) is 10.6 Å². The van der Waals surface area contributed by atoms with E-state index < -0.39 is 0 Å². The zero-order valence-electron chi connectivity index (χ0n) is 11.0. The van der Waals surface area contributed by atoms with Gasteiger partial charge in [0.25, 0.3) is 0 Å². The number of hydrogen-bond donors (Lipinski definition) is 2. The molecular formula is C13H19ClN2O2. The van der Waals surface area contributed by atoms with Crippen LogP contribution < -0.4 is 15.4 Å². The molecule has 0 saturated carbocycles. The Morgan fingerprint density at radius 1 is 1.44 bits per heavy atom. The molecule has 0 heterocycles. The van der Waals surface area contributed by atoms with Gasteiger partial charge in [0.2, 0.25) is 5.91 Å². The van der Waals surface area contributed by atoms with Crippen LogP contribution in [0.4, 0.5) is 0 Å². The largest absolute Gasteiger partial charge is 0.495 e. The molecule has 0 aliphatic rings. The van der Waals surface area contributed by atoms with Crippen molar-refractivity contribution in [3.05, 3.63) is 28.3 Å². The third-order valence-corrected chi connectivity index (χ3v) is 2.98. The number of rotatable bonds is 6. The summed E-state index contributed by atoms with van der Waals surface area (Å²) in [5.41, 5.74) is 2.05. The molecule has 0 bridgehead atoms. The highest BCUT2D eigenvalue weighted by Crippen LogP contribution is 2.27. The monoisotopic (exact) mass is 270 g/mol. The molecule has 0 aliphatic carbocycles. The zero-order valence-corrected chi connectivity index (χ0v) is 11.7. The van der Waals surface area contributed by atoms with Crippen LogP contribution in [0.1, 0.15) is 17.5 Å². The minimum absolute atomic E-state index is 0.0238. The Morgan fingerprint density at radius 2 is 2.17 bits per heavy atom. The van der Waals surface area contributed by atoms with Gasteiger partial charge in [0.1, 0.15) is 5.75 Å². The Bertz CT molecular complexity index is 422. The van der Waals surface area contributed by atoms with Gasteiger partial charge < -0.3 is 15.4 Å². The van der Waals surface area contributed by atoms with E-state index in [0.717, 1.165) is 11.1 Å². The van der Waals surface area contributed by atoms with Crippen LogP contribution in [0, 0.1) is 6.92 Å². The molecule has 0 aliphatic heterocycles. The Morgan fingerprint density at radius 3 is 2.78 bits per heavy atom. The molecule has 18 heavy (non-hydrogen) atoms. The number of methoxy groups -OCH3 is 1. The van der Waals surface area contributed by atoms with Crippen molar-refractivity contribution < 1.29 is 9.53 Å². The van der Waals surface area contributed by atoms with E-state index in [0.29, 0.717) is 30.3 Å². The second-order valence-corrected chi connectivity index (χ2v) is 4.45. The average molecular weight is 271 g/mol. The average Bonchev–Trinajstić information content (AvgIpc) is 2.36. The Kier molecular flexibility index (Phi) is 5.95. The molecule has 4 nitrogen and oxygen atoms in total. The lowest BCUT2D eigenvalue weighted by Gasteiger charge is -2.11. The van der Waals surface area contributed by atoms with E-state index in [1.165, 1.54) is 0 Å². The normalized spacial score (nSPS) is 10.2. The van der Waals surface area contributed by atoms with Gasteiger partial charge in [-0.25, -0.2) is 0 Å². The molecule has 2 N–H and O–H groups in total. The van der Waals surface area contributed by atoms with Crippen molar-refractivity contribution in [3.63, 3.8) is 0 Å². The first kappa shape index (κ1) is 14.8. The van der Waals surface area contributed by atoms with Crippen molar-refractivity contribution in [1.82, 2.24) is 10.6 Å². The van der Waals surface area contributed by atoms with Crippen molar-refractivity contribution in [1.29, 1.82) is 0 Å². The summed E-state index contributed by atoms with van der Waals surface area (Å²) in [6, 6.07) is 3.70. The molecule has 0 spiro atoms. The summed E-state index contributed by atoms with van der Waals surface area (Å²) in [5, 5.41) is 6.35. The van der Waals surface area contributed by atoms with Crippen LogP contribution >= 0.6 is 11.6 Å². The van der Waals surface area contributed by atoms with Crippen molar-refractivity contribution in [2.45, 2.75) is 19.9 Å². The maximum absolute atomic E-state index is 11.5. The second-order valence-electron chi connectivity index (χ2n) is 4.04. The van der Waals surface area contributed by atoms with Crippen LogP contribution in [-0.4, -0.2) is 26.6 Å². The van der Waals surface area contributed by atoms with Crippen LogP contribution in [0.3, 0.4) is 0 Å². The van der Waals surface area contributed by atoms with Gasteiger partial charge >= 0.3 is 0 Å². The van der Waals surface area contributed by atoms with E-state index in [9.17, 15) is 4.79 Å². The number of amides is 1. The topological polar surface area (TPSA) is 50.4 Å². The minimum atomic E-state index is 0.0238. The summed E-state index contributed by atoms with van der Waals surface area (Å²) in [5.74, 6) is 0.676. The number of benzene rings is 1. The highest BCUT2D eigenvalue weighted by molar-refractivity contribution is 6.32. The third kappa shape index (κ3) is 4.20. The summed E-state index contributed by atoms with van der Waals surface area (Å²) in [4.78, 5) is 11.5. The highest BCUT2D eigenvalue weighted by atomic mass is 35.5. The van der Waals surface area contributed by atoms with Gasteiger partial charge in [-0.3, -0.25) is 4.79 Å². The van der Waals surface area contributed by atoms with Crippen LogP contribution in [0.5, 0.6) is 5.75 Å². The van der Waals surface area contributed by atoms with Gasteiger partial charge in [0.15, 0.2) is 0 Å². The number of hydrogen-bond acceptors (Lipinski definition) is 3. The predicted octanol–water partition coefficient (Wildman–Crippen LogP) is 1.88. The van der Waals surface area contributed by atoms with Gasteiger partial charge in [0.05, 0.1) is 12.1 Å². The van der Waals surface area contributed by atoms with Gasteiger partial charge in [-0.05, 0) is 37.2 Å². The van der Waals surface area contributed by atoms with Gasteiger partial charge in [-0.15, -0.1) is 0 Å². The molecule has 5 heteroatoms. The number of ether oxygens (including phenoxy) is 1. The fourth-order valence-corrected chi connectivity index (χ4v) is 1.83. The zero-order chi connectivity index (χ0) is 13.5. The van der Waals surface area contributed by atoms with Crippen LogP contribution in [-0.2, 0) is 11.3 Å². The number of aryl methyl sites for hydroxylation is 1. The first-order chi connectivity index (χ1) is 8.58. The molecule has 100 valence electrons. The maximum Gasteiger partial charge on any atom is 0.221 e. The molecule has 0 unspecified atom stereocenters. The van der Waals surface area contributed by atoms with Gasteiger partial charge in [-0.2, -0.15) is 0 Å². The summed E-state index contributed by atoms with van der Waals surface area (Å²) < 4.78 is 5.13. The minimum Gasteiger partial charge on any atom is -0.495 e. The van der Waals surface area contributed by atoms with Crippen LogP contribution in [0.25, 0.3) is 0 Å². The molecule has 0 atom stereocenters. The summed E-state index contributed by atoms with van der Waals surface area (Å²) in [7, 11) is 3.40. The molecule has 1 aromatic rings. The van der Waals surface area contributed by atoms with E-state index >= 15 is 0 Å². The summed E-state index contributed by atoms with van der Waals surface area (Å²) in [6.45, 7) is 3.13. The van der Waals surface area contributed by atoms with Gasteiger partial charge in [-0.1, -0.05) is 11.6 Å². The van der Waals surface area contributed by atoms with Crippen LogP contribution in [0.2, 0.25) is 5.02 Å². The second kappa shape index (κ2) is 7.24. The molecule has 0 saturated heterocycles. The van der Waals surface area contributed by atoms with E-state index in [4.69, 9.17) is 16.3 Å². The fourth-order valence-electron chi connectivity index (χ4n) is 1.56. The van der Waals surface area contributed by atoms with Crippen molar-refractivity contribution in [2.24, 2.45) is 0 Å². The predicted molar refractivity (Wildman–Crippen MR) is 73.1 cm³/mol. The smallest absolute Gasteiger partial charge is 0.221 e. The van der Waals surface area contributed by atoms with Crippen molar-refractivity contribution in [3.8, 4) is 5.75 Å². The number of halogens is 1. The number of nitrogens with one attached hydrogen (secondary N) is 2. The molecule has 0 fully saturated rings. The molecule has 1 amide bonds. The Labute approximate surface area is 113 Å². The first-order valence-corrected chi connectivity index (χ1v) is 6.20. The fraction of sp³-hybridized carbons (Fsp3) is 0.462. The van der Waals surface area contributed by atoms with Gasteiger partial charge in [0, 0.05) is 19.5 Å². The van der Waals surface area contributed by atoms with E-state index in [1.54, 1.807) is 7.11 Å². The van der Waals surface area contributed by atoms with Crippen molar-refractivity contribution >= 4 is 17.5 Å².